The van der Waals surface area contributed by atoms with Crippen LogP contribution in [0.1, 0.15) is 92.9 Å². The van der Waals surface area contributed by atoms with Crippen molar-refractivity contribution in [2.45, 2.75) is 147 Å². The highest BCUT2D eigenvalue weighted by atomic mass is 33.1. The molecule has 11 atom stereocenters. The highest BCUT2D eigenvalue weighted by molar-refractivity contribution is 8.76. The predicted molar refractivity (Wildman–Crippen MR) is 278 cm³/mol. The smallest absolute Gasteiger partial charge is 0.245 e. The molecule has 31 heteroatoms. The highest BCUT2D eigenvalue weighted by Gasteiger charge is 2.37. The molecule has 0 saturated carbocycles. The van der Waals surface area contributed by atoms with E-state index in [1.54, 1.807) is 41.5 Å². The van der Waals surface area contributed by atoms with Crippen LogP contribution in [0.25, 0.3) is 0 Å². The van der Waals surface area contributed by atoms with Crippen LogP contribution in [-0.2, 0) is 57.5 Å². The number of hydrogen-bond acceptors (Lipinski definition) is 17. The number of nitrogens with two attached hydrogens (primary N) is 6. The first-order valence-corrected chi connectivity index (χ1v) is 26.9. The average molecular weight is 1100 g/mol. The van der Waals surface area contributed by atoms with Gasteiger partial charge in [-0.25, -0.2) is 0 Å². The third-order valence-corrected chi connectivity index (χ3v) is 14.1. The molecule has 424 valence electrons. The maximum atomic E-state index is 14.3. The number of carbonyl (C=O) groups excluding carboxylic acids is 12. The van der Waals surface area contributed by atoms with Gasteiger partial charge in [0.1, 0.15) is 48.3 Å². The number of aliphatic hydroxyl groups is 1. The van der Waals surface area contributed by atoms with Crippen LogP contribution in [0.4, 0.5) is 0 Å². The third-order valence-electron chi connectivity index (χ3n) is 11.7. The number of nitrogens with zero attached hydrogens (tertiary/aromatic N) is 1. The second kappa shape index (κ2) is 34.2. The summed E-state index contributed by atoms with van der Waals surface area (Å²) in [5, 5.41) is 32.5. The largest absolute Gasteiger partial charge is 0.394 e. The second-order valence-corrected chi connectivity index (χ2v) is 21.0. The summed E-state index contributed by atoms with van der Waals surface area (Å²) in [5.74, 6) is -12.5. The summed E-state index contributed by atoms with van der Waals surface area (Å²) in [5.41, 5.74) is 32.6. The Hall–Kier alpha value is -6.47. The van der Waals surface area contributed by atoms with Gasteiger partial charge in [-0.3, -0.25) is 62.5 Å². The summed E-state index contributed by atoms with van der Waals surface area (Å²) in [6.45, 7) is 8.71. The molecule has 1 fully saturated rings. The van der Waals surface area contributed by atoms with Crippen molar-refractivity contribution in [3.63, 3.8) is 0 Å². The van der Waals surface area contributed by atoms with Gasteiger partial charge in [0.05, 0.1) is 25.6 Å². The zero-order valence-electron chi connectivity index (χ0n) is 43.2. The maximum absolute atomic E-state index is 14.3. The van der Waals surface area contributed by atoms with E-state index in [1.165, 1.54) is 0 Å². The van der Waals surface area contributed by atoms with Gasteiger partial charge in [-0.15, -0.1) is 0 Å². The Morgan fingerprint density at radius 2 is 1.36 bits per heavy atom. The van der Waals surface area contributed by atoms with E-state index >= 15 is 0 Å². The summed E-state index contributed by atoms with van der Waals surface area (Å²) >= 11 is 0. The molecule has 0 aliphatic carbocycles. The van der Waals surface area contributed by atoms with Crippen LogP contribution in [0.3, 0.4) is 0 Å². The van der Waals surface area contributed by atoms with Crippen molar-refractivity contribution < 1.29 is 62.6 Å². The van der Waals surface area contributed by atoms with Crippen molar-refractivity contribution >= 4 is 98.4 Å². The predicted octanol–water partition coefficient (Wildman–Crippen LogP) is -6.49. The number of aliphatic imine (C=N–C) groups is 1. The number of primary amides is 3. The van der Waals surface area contributed by atoms with Crippen LogP contribution in [0.2, 0.25) is 0 Å². The molecule has 0 aromatic rings. The normalized spacial score (nSPS) is 20.2. The van der Waals surface area contributed by atoms with Gasteiger partial charge in [0, 0.05) is 24.5 Å². The minimum Gasteiger partial charge on any atom is -0.394 e. The van der Waals surface area contributed by atoms with Crippen LogP contribution in [0, 0.1) is 17.8 Å². The molecule has 0 spiro atoms. The lowest BCUT2D eigenvalue weighted by atomic mass is 9.96. The number of rotatable bonds is 29. The number of hydrogen-bond donors (Lipinski definition) is 16. The van der Waals surface area contributed by atoms with Gasteiger partial charge < -0.3 is 87.4 Å². The molecule has 1 aliphatic rings. The van der Waals surface area contributed by atoms with E-state index in [0.29, 0.717) is 12.8 Å². The van der Waals surface area contributed by atoms with Crippen LogP contribution in [-0.4, -0.2) is 168 Å². The Morgan fingerprint density at radius 1 is 0.733 bits per heavy atom. The molecule has 0 aromatic heterocycles. The Kier molecular flexibility index (Phi) is 30.3. The highest BCUT2D eigenvalue weighted by Crippen LogP contribution is 2.24. The lowest BCUT2D eigenvalue weighted by molar-refractivity contribution is -0.136. The molecule has 1 saturated heterocycles. The summed E-state index contributed by atoms with van der Waals surface area (Å²) in [6.07, 6.45) is -0.525. The van der Waals surface area contributed by atoms with Gasteiger partial charge in [-0.1, -0.05) is 76.0 Å². The number of guanidine groups is 1. The van der Waals surface area contributed by atoms with Crippen molar-refractivity contribution in [1.82, 2.24) is 47.9 Å². The number of amides is 12. The third kappa shape index (κ3) is 25.1. The van der Waals surface area contributed by atoms with E-state index < -0.39 is 164 Å². The zero-order chi connectivity index (χ0) is 57.1. The summed E-state index contributed by atoms with van der Waals surface area (Å²) in [6, 6.07) is -12.6. The fraction of sp³-hybridized carbons (Fsp3) is 0.705. The summed E-state index contributed by atoms with van der Waals surface area (Å²) in [7, 11) is 1.99. The zero-order valence-corrected chi connectivity index (χ0v) is 44.8. The van der Waals surface area contributed by atoms with Gasteiger partial charge >= 0.3 is 0 Å². The maximum Gasteiger partial charge on any atom is 0.245 e. The van der Waals surface area contributed by atoms with Crippen LogP contribution < -0.4 is 82.3 Å². The van der Waals surface area contributed by atoms with E-state index in [2.05, 4.69) is 52.8 Å². The van der Waals surface area contributed by atoms with Crippen molar-refractivity contribution in [3.05, 3.63) is 0 Å². The van der Waals surface area contributed by atoms with Gasteiger partial charge in [-0.2, -0.15) is 0 Å². The minimum atomic E-state index is -1.66. The lowest BCUT2D eigenvalue weighted by Gasteiger charge is -2.30. The summed E-state index contributed by atoms with van der Waals surface area (Å²) in [4.78, 5) is 162. The Balaban J connectivity index is 3.64. The molecule has 0 aromatic carbocycles. The molecule has 1 heterocycles. The molecule has 12 amide bonds. The lowest BCUT2D eigenvalue weighted by Crippen LogP contribution is -2.62. The molecule has 1 rings (SSSR count). The first-order valence-electron chi connectivity index (χ1n) is 24.4. The van der Waals surface area contributed by atoms with E-state index in [4.69, 9.17) is 34.4 Å². The molecule has 1 aliphatic heterocycles. The average Bonchev–Trinajstić information content (AvgIpc) is 3.33. The number of carbonyl (C=O) groups is 12. The van der Waals surface area contributed by atoms with Crippen LogP contribution >= 0.6 is 21.6 Å². The van der Waals surface area contributed by atoms with Crippen LogP contribution in [0.5, 0.6) is 0 Å². The minimum absolute atomic E-state index is 0.0362. The van der Waals surface area contributed by atoms with Crippen LogP contribution in [0.15, 0.2) is 4.99 Å². The SMILES string of the molecule is CC[C@H](C)[C@H](NC(=O)[C@@H]1CSSC[C@H](NC(=O)[C@H](CCC(N)=O)NC(=O)[C@H](CC(C)C)NC(=O)[C@H](CO)NC(=O)CNC(=O)[C@@H](N)CC(N)=O)C(=O)N[C@@H](CCCN=C(N)N)C(=O)N[C@@H]([C@@H](C)CC)C(=O)N1)C(N)=O. The molecular weight excluding hydrogens is 1020 g/mol. The summed E-state index contributed by atoms with van der Waals surface area (Å²) < 4.78 is 0. The van der Waals surface area contributed by atoms with Crippen molar-refractivity contribution in [2.75, 3.05) is 31.2 Å². The van der Waals surface area contributed by atoms with Gasteiger partial charge in [0.2, 0.25) is 70.9 Å². The molecule has 0 bridgehead atoms. The topological polar surface area (TPSA) is 502 Å². The van der Waals surface area contributed by atoms with E-state index in [-0.39, 0.29) is 55.1 Å². The molecule has 29 nitrogen and oxygen atoms in total. The monoisotopic (exact) mass is 1100 g/mol. The quantitative estimate of drug-likeness (QED) is 0.0143. The molecule has 75 heavy (non-hydrogen) atoms. The Labute approximate surface area is 443 Å². The molecule has 22 N–H and O–H groups in total. The van der Waals surface area contributed by atoms with E-state index in [0.717, 1.165) is 21.6 Å². The molecule has 0 unspecified atom stereocenters. The fourth-order valence-electron chi connectivity index (χ4n) is 6.97. The van der Waals surface area contributed by atoms with E-state index in [9.17, 15) is 62.6 Å². The van der Waals surface area contributed by atoms with Crippen molar-refractivity contribution in [2.24, 2.45) is 57.1 Å². The van der Waals surface area contributed by atoms with Gasteiger partial charge in [0.15, 0.2) is 5.96 Å². The Bertz CT molecular complexity index is 2050. The fourth-order valence-corrected chi connectivity index (χ4v) is 9.29. The number of nitrogens with one attached hydrogen (secondary N) is 9. The Morgan fingerprint density at radius 3 is 1.92 bits per heavy atom. The van der Waals surface area contributed by atoms with Gasteiger partial charge in [0.25, 0.3) is 0 Å². The first kappa shape index (κ1) is 66.5. The van der Waals surface area contributed by atoms with Crippen molar-refractivity contribution in [1.29, 1.82) is 0 Å². The standard InChI is InChI=1S/C44H78N16O13S2/c1-7-21(5)33(35(48)65)59-42(72)29-19-75-74-18-28(41(71)54-24(10-9-13-51-44(49)50)38(68)60-34(22(6)8-2)43(73)58-29)57-37(67)25(11-12-30(46)62)55-39(69)26(14-20(3)4)56-40(70)27(17-61)53-32(64)16-52-36(66)23(45)15-31(47)63/h20-29,33-34,61H,7-19,45H2,1-6H3,(H2,46,62)(H2,47,63)(H2,48,65)(H,52,66)(H,53,64)(H,54,71)(H,55,69)(H,56,70)(H,57,67)(H,58,73)(H,59,72)(H,60,68)(H4,49,50,51)/t21-,22-,23-,24-,25-,26-,27-,28-,29-,33-,34-/m0/s1. The number of aliphatic hydroxyl groups excluding tert-OH is 1. The first-order chi connectivity index (χ1) is 35.1. The molecular formula is C44H78N16O13S2. The van der Waals surface area contributed by atoms with Gasteiger partial charge in [-0.05, 0) is 43.4 Å². The molecule has 0 radical (unpaired) electrons. The van der Waals surface area contributed by atoms with Crippen molar-refractivity contribution in [3.8, 4) is 0 Å². The van der Waals surface area contributed by atoms with E-state index in [1.807, 2.05) is 0 Å². The second-order valence-electron chi connectivity index (χ2n) is 18.4.